The van der Waals surface area contributed by atoms with E-state index in [4.69, 9.17) is 4.74 Å². The van der Waals surface area contributed by atoms with Crippen molar-refractivity contribution in [3.8, 4) is 0 Å². The van der Waals surface area contributed by atoms with E-state index in [0.717, 1.165) is 50.7 Å². The first-order valence-corrected chi connectivity index (χ1v) is 9.86. The highest BCUT2D eigenvalue weighted by molar-refractivity contribution is 5.51. The summed E-state index contributed by atoms with van der Waals surface area (Å²) in [5.41, 5.74) is 1.20. The molecule has 3 atom stereocenters. The molecule has 0 aliphatic carbocycles. The molecule has 1 N–H and O–H groups in total. The summed E-state index contributed by atoms with van der Waals surface area (Å²) < 4.78 is 6.18. The summed E-state index contributed by atoms with van der Waals surface area (Å²) in [5, 5.41) is 9.50. The molecule has 144 valence electrons. The third kappa shape index (κ3) is 4.22. The van der Waals surface area contributed by atoms with Crippen LogP contribution in [0.5, 0.6) is 0 Å². The molecule has 3 unspecified atom stereocenters. The van der Waals surface area contributed by atoms with Crippen molar-refractivity contribution in [1.29, 1.82) is 0 Å². The van der Waals surface area contributed by atoms with E-state index in [2.05, 4.69) is 57.0 Å². The fourth-order valence-corrected chi connectivity index (χ4v) is 4.10. The summed E-state index contributed by atoms with van der Waals surface area (Å²) in [4.78, 5) is 13.6. The highest BCUT2D eigenvalue weighted by atomic mass is 16.5. The molecule has 0 spiro atoms. The first kappa shape index (κ1) is 18.2. The number of nitrogens with zero attached hydrogens (tertiary/aromatic N) is 4. The Bertz CT molecular complexity index is 742. The van der Waals surface area contributed by atoms with E-state index in [1.165, 1.54) is 5.56 Å². The maximum Gasteiger partial charge on any atom is 0.134 e. The van der Waals surface area contributed by atoms with Gasteiger partial charge in [0.05, 0.1) is 6.10 Å². The summed E-state index contributed by atoms with van der Waals surface area (Å²) in [5.74, 6) is 2.23. The van der Waals surface area contributed by atoms with Gasteiger partial charge in [0.25, 0.3) is 0 Å². The number of rotatable bonds is 4. The predicted molar refractivity (Wildman–Crippen MR) is 106 cm³/mol. The molecule has 2 saturated heterocycles. The molecule has 6 nitrogen and oxygen atoms in total. The lowest BCUT2D eigenvalue weighted by Crippen LogP contribution is -2.43. The third-order valence-corrected chi connectivity index (χ3v) is 5.50. The second kappa shape index (κ2) is 8.23. The largest absolute Gasteiger partial charge is 0.396 e. The van der Waals surface area contributed by atoms with E-state index in [-0.39, 0.29) is 18.8 Å². The third-order valence-electron chi connectivity index (χ3n) is 5.50. The van der Waals surface area contributed by atoms with Crippen molar-refractivity contribution >= 4 is 11.6 Å². The van der Waals surface area contributed by atoms with Crippen LogP contribution in [-0.2, 0) is 4.74 Å². The number of aromatic nitrogens is 2. The van der Waals surface area contributed by atoms with Gasteiger partial charge in [-0.3, -0.25) is 0 Å². The van der Waals surface area contributed by atoms with E-state index in [1.807, 2.05) is 6.07 Å². The van der Waals surface area contributed by atoms with Crippen LogP contribution in [0.1, 0.15) is 31.4 Å². The van der Waals surface area contributed by atoms with Crippen LogP contribution >= 0.6 is 0 Å². The van der Waals surface area contributed by atoms with Gasteiger partial charge in [0.2, 0.25) is 0 Å². The lowest BCUT2D eigenvalue weighted by Gasteiger charge is -2.38. The van der Waals surface area contributed by atoms with E-state index in [0.29, 0.717) is 5.92 Å². The number of aliphatic hydroxyl groups excluding tert-OH is 1. The van der Waals surface area contributed by atoms with Crippen LogP contribution in [0.25, 0.3) is 0 Å². The average molecular weight is 368 g/mol. The average Bonchev–Trinajstić information content (AvgIpc) is 2.74. The van der Waals surface area contributed by atoms with Crippen LogP contribution in [0.4, 0.5) is 11.6 Å². The number of hydrogen-bond acceptors (Lipinski definition) is 6. The van der Waals surface area contributed by atoms with Crippen molar-refractivity contribution in [3.63, 3.8) is 0 Å². The first-order valence-electron chi connectivity index (χ1n) is 9.86. The zero-order valence-corrected chi connectivity index (χ0v) is 15.9. The quantitative estimate of drug-likeness (QED) is 0.895. The molecule has 2 fully saturated rings. The Hall–Kier alpha value is -2.18. The molecule has 0 amide bonds. The number of aliphatic hydroxyl groups is 1. The molecule has 2 aliphatic heterocycles. The van der Waals surface area contributed by atoms with Gasteiger partial charge in [0.1, 0.15) is 24.1 Å². The van der Waals surface area contributed by atoms with Gasteiger partial charge < -0.3 is 19.6 Å². The fraction of sp³-hybridized carbons (Fsp3) is 0.524. The highest BCUT2D eigenvalue weighted by Crippen LogP contribution is 2.29. The van der Waals surface area contributed by atoms with Gasteiger partial charge >= 0.3 is 0 Å². The molecule has 0 saturated carbocycles. The summed E-state index contributed by atoms with van der Waals surface area (Å²) in [7, 11) is 0. The first-order chi connectivity index (χ1) is 13.2. The Balaban J connectivity index is 1.52. The van der Waals surface area contributed by atoms with Crippen LogP contribution in [0.15, 0.2) is 42.7 Å². The fourth-order valence-electron chi connectivity index (χ4n) is 4.10. The zero-order valence-electron chi connectivity index (χ0n) is 15.9. The molecule has 2 aliphatic rings. The highest BCUT2D eigenvalue weighted by Gasteiger charge is 2.28. The molecule has 4 rings (SSSR count). The van der Waals surface area contributed by atoms with Crippen LogP contribution in [0, 0.1) is 5.92 Å². The summed E-state index contributed by atoms with van der Waals surface area (Å²) >= 11 is 0. The van der Waals surface area contributed by atoms with Crippen LogP contribution < -0.4 is 9.80 Å². The molecule has 27 heavy (non-hydrogen) atoms. The normalized spacial score (nSPS) is 26.2. The van der Waals surface area contributed by atoms with Crippen molar-refractivity contribution < 1.29 is 9.84 Å². The second-order valence-corrected chi connectivity index (χ2v) is 7.62. The predicted octanol–water partition coefficient (Wildman–Crippen LogP) is 2.65. The van der Waals surface area contributed by atoms with Gasteiger partial charge in [-0.1, -0.05) is 30.3 Å². The van der Waals surface area contributed by atoms with Crippen molar-refractivity contribution in [2.45, 2.75) is 32.0 Å². The smallest absolute Gasteiger partial charge is 0.134 e. The number of anilines is 2. The molecule has 2 aromatic rings. The van der Waals surface area contributed by atoms with Crippen molar-refractivity contribution in [1.82, 2.24) is 9.97 Å². The lowest BCUT2D eigenvalue weighted by atomic mass is 9.99. The minimum Gasteiger partial charge on any atom is -0.396 e. The SMILES string of the molecule is CC1CN(c2cc(N3CCCC(CO)C3)ncn2)CC(c2ccccc2)O1. The molecule has 6 heteroatoms. The Labute approximate surface area is 160 Å². The van der Waals surface area contributed by atoms with Gasteiger partial charge in [-0.2, -0.15) is 0 Å². The molecular formula is C21H28N4O2. The molecule has 0 radical (unpaired) electrons. The van der Waals surface area contributed by atoms with Crippen LogP contribution in [0.2, 0.25) is 0 Å². The number of benzene rings is 1. The number of ether oxygens (including phenoxy) is 1. The Morgan fingerprint density at radius 3 is 2.63 bits per heavy atom. The Morgan fingerprint density at radius 1 is 1.07 bits per heavy atom. The lowest BCUT2D eigenvalue weighted by molar-refractivity contribution is -0.0176. The topological polar surface area (TPSA) is 61.7 Å². The minimum absolute atomic E-state index is 0.0436. The van der Waals surface area contributed by atoms with Crippen molar-refractivity contribution in [2.24, 2.45) is 5.92 Å². The van der Waals surface area contributed by atoms with Gasteiger partial charge in [-0.15, -0.1) is 0 Å². The van der Waals surface area contributed by atoms with Crippen LogP contribution in [-0.4, -0.2) is 54.0 Å². The minimum atomic E-state index is 0.0436. The molecule has 1 aromatic carbocycles. The summed E-state index contributed by atoms with van der Waals surface area (Å²) in [6, 6.07) is 12.5. The summed E-state index contributed by atoms with van der Waals surface area (Å²) in [6.45, 7) is 5.80. The second-order valence-electron chi connectivity index (χ2n) is 7.62. The molecule has 1 aromatic heterocycles. The maximum atomic E-state index is 9.50. The monoisotopic (exact) mass is 368 g/mol. The van der Waals surface area contributed by atoms with Crippen molar-refractivity contribution in [3.05, 3.63) is 48.3 Å². The number of piperidine rings is 1. The van der Waals surface area contributed by atoms with Gasteiger partial charge in [0, 0.05) is 38.9 Å². The maximum absolute atomic E-state index is 9.50. The van der Waals surface area contributed by atoms with E-state index < -0.39 is 0 Å². The van der Waals surface area contributed by atoms with E-state index in [1.54, 1.807) is 6.33 Å². The molecule has 3 heterocycles. The summed E-state index contributed by atoms with van der Waals surface area (Å²) in [6.07, 6.45) is 4.02. The van der Waals surface area contributed by atoms with E-state index >= 15 is 0 Å². The Kier molecular flexibility index (Phi) is 5.55. The van der Waals surface area contributed by atoms with Gasteiger partial charge in [-0.25, -0.2) is 9.97 Å². The van der Waals surface area contributed by atoms with E-state index in [9.17, 15) is 5.11 Å². The molecular weight excluding hydrogens is 340 g/mol. The van der Waals surface area contributed by atoms with Crippen molar-refractivity contribution in [2.75, 3.05) is 42.6 Å². The number of hydrogen-bond donors (Lipinski definition) is 1. The number of morpholine rings is 1. The zero-order chi connectivity index (χ0) is 18.6. The Morgan fingerprint density at radius 2 is 1.85 bits per heavy atom. The standard InChI is InChI=1S/C21H28N4O2/c1-16-11-25(13-19(27-16)18-7-3-2-4-8-18)21-10-20(22-15-23-21)24-9-5-6-17(12-24)14-26/h2-4,7-8,10,15-17,19,26H,5-6,9,11-14H2,1H3. The molecule has 0 bridgehead atoms. The van der Waals surface area contributed by atoms with Gasteiger partial charge in [-0.05, 0) is 31.2 Å². The van der Waals surface area contributed by atoms with Crippen LogP contribution in [0.3, 0.4) is 0 Å². The van der Waals surface area contributed by atoms with Gasteiger partial charge in [0.15, 0.2) is 0 Å².